The smallest absolute Gasteiger partial charge is 0.191 e. The monoisotopic (exact) mass is 451 g/mol. The van der Waals surface area contributed by atoms with Crippen LogP contribution < -0.4 is 5.73 Å². The van der Waals surface area contributed by atoms with Gasteiger partial charge in [-0.05, 0) is 29.9 Å². The number of aliphatic imine (C=N–C) groups is 1. The van der Waals surface area contributed by atoms with Gasteiger partial charge < -0.3 is 10.6 Å². The quantitative estimate of drug-likeness (QED) is 0.434. The molecule has 1 aliphatic heterocycles. The van der Waals surface area contributed by atoms with Gasteiger partial charge in [0.25, 0.3) is 0 Å². The zero-order chi connectivity index (χ0) is 16.2. The van der Waals surface area contributed by atoms with Gasteiger partial charge in [0.15, 0.2) is 15.8 Å². The van der Waals surface area contributed by atoms with E-state index in [1.165, 1.54) is 12.7 Å². The number of hydrogen-bond acceptors (Lipinski definition) is 3. The molecule has 23 heavy (non-hydrogen) atoms. The van der Waals surface area contributed by atoms with Crippen LogP contribution in [0.3, 0.4) is 0 Å². The Morgan fingerprint density at radius 1 is 1.35 bits per heavy atom. The van der Waals surface area contributed by atoms with Gasteiger partial charge >= 0.3 is 0 Å². The fourth-order valence-electron chi connectivity index (χ4n) is 2.80. The Labute approximate surface area is 156 Å². The van der Waals surface area contributed by atoms with Gasteiger partial charge in [0.2, 0.25) is 0 Å². The summed E-state index contributed by atoms with van der Waals surface area (Å²) in [5.41, 5.74) is 7.81. The molecule has 2 rings (SSSR count). The van der Waals surface area contributed by atoms with Gasteiger partial charge in [-0.2, -0.15) is 0 Å². The molecular formula is C16H26IN3O2S. The maximum atomic E-state index is 11.5. The minimum absolute atomic E-state index is 0. The Balaban J connectivity index is 0.00000264. The molecule has 0 radical (unpaired) electrons. The molecule has 1 saturated heterocycles. The Morgan fingerprint density at radius 2 is 2.00 bits per heavy atom. The number of hydrogen-bond donors (Lipinski definition) is 1. The normalized spacial score (nSPS) is 19.3. The first-order valence-electron chi connectivity index (χ1n) is 7.64. The highest BCUT2D eigenvalue weighted by molar-refractivity contribution is 14.0. The number of nitrogens with zero attached hydrogens (tertiary/aromatic N) is 2. The van der Waals surface area contributed by atoms with Crippen LogP contribution in [0, 0.1) is 5.92 Å². The van der Waals surface area contributed by atoms with Gasteiger partial charge in [0, 0.05) is 19.3 Å². The summed E-state index contributed by atoms with van der Waals surface area (Å²) in [5, 5.41) is 0. The predicted octanol–water partition coefficient (Wildman–Crippen LogP) is 2.40. The zero-order valence-electron chi connectivity index (χ0n) is 13.7. The third kappa shape index (κ3) is 6.66. The Morgan fingerprint density at radius 3 is 2.61 bits per heavy atom. The number of benzene rings is 1. The average Bonchev–Trinajstić information content (AvgIpc) is 2.44. The average molecular weight is 451 g/mol. The fraction of sp³-hybridized carbons (Fsp3) is 0.562. The predicted molar refractivity (Wildman–Crippen MR) is 106 cm³/mol. The summed E-state index contributed by atoms with van der Waals surface area (Å²) in [6.07, 6.45) is 3.62. The summed E-state index contributed by atoms with van der Waals surface area (Å²) in [6, 6.07) is 7.50. The van der Waals surface area contributed by atoms with Gasteiger partial charge in [-0.3, -0.25) is 0 Å². The van der Waals surface area contributed by atoms with E-state index in [1.807, 2.05) is 24.3 Å². The van der Waals surface area contributed by atoms with Crippen molar-refractivity contribution in [1.29, 1.82) is 0 Å². The van der Waals surface area contributed by atoms with Crippen molar-refractivity contribution in [3.63, 3.8) is 0 Å². The number of halogens is 1. The maximum Gasteiger partial charge on any atom is 0.191 e. The molecule has 1 aliphatic rings. The van der Waals surface area contributed by atoms with Crippen molar-refractivity contribution in [2.24, 2.45) is 16.6 Å². The van der Waals surface area contributed by atoms with Crippen LogP contribution >= 0.6 is 24.0 Å². The van der Waals surface area contributed by atoms with E-state index < -0.39 is 9.84 Å². The number of piperidine rings is 1. The largest absolute Gasteiger partial charge is 0.370 e. The van der Waals surface area contributed by atoms with Gasteiger partial charge in [0.1, 0.15) is 0 Å². The molecule has 1 unspecified atom stereocenters. The van der Waals surface area contributed by atoms with Crippen LogP contribution in [0.4, 0.5) is 0 Å². The lowest BCUT2D eigenvalue weighted by Crippen LogP contribution is -2.43. The topological polar surface area (TPSA) is 75.8 Å². The molecule has 1 heterocycles. The van der Waals surface area contributed by atoms with Crippen molar-refractivity contribution in [2.45, 2.75) is 32.1 Å². The molecule has 0 saturated carbocycles. The number of sulfone groups is 1. The van der Waals surface area contributed by atoms with Gasteiger partial charge in [-0.25, -0.2) is 13.4 Å². The molecule has 1 aromatic carbocycles. The van der Waals surface area contributed by atoms with E-state index in [0.717, 1.165) is 30.6 Å². The molecule has 1 aromatic rings. The second-order valence-corrected chi connectivity index (χ2v) is 8.35. The minimum atomic E-state index is -3.06. The summed E-state index contributed by atoms with van der Waals surface area (Å²) in [7, 11) is -3.06. The lowest BCUT2D eigenvalue weighted by molar-refractivity contribution is 0.270. The Kier molecular flexibility index (Phi) is 7.79. The highest BCUT2D eigenvalue weighted by Crippen LogP contribution is 2.16. The molecule has 1 atom stereocenters. The van der Waals surface area contributed by atoms with Crippen molar-refractivity contribution in [1.82, 2.24) is 4.90 Å². The van der Waals surface area contributed by atoms with Crippen molar-refractivity contribution >= 4 is 39.8 Å². The first-order valence-corrected chi connectivity index (χ1v) is 9.70. The van der Waals surface area contributed by atoms with Crippen LogP contribution in [0.1, 0.15) is 30.9 Å². The maximum absolute atomic E-state index is 11.5. The molecule has 0 bridgehead atoms. The molecule has 0 aromatic heterocycles. The molecule has 2 N–H and O–H groups in total. The van der Waals surface area contributed by atoms with Crippen molar-refractivity contribution in [2.75, 3.05) is 19.3 Å². The van der Waals surface area contributed by atoms with Crippen LogP contribution in [-0.4, -0.2) is 38.6 Å². The van der Waals surface area contributed by atoms with E-state index in [0.29, 0.717) is 18.4 Å². The summed E-state index contributed by atoms with van der Waals surface area (Å²) < 4.78 is 23.0. The van der Waals surface area contributed by atoms with Crippen LogP contribution in [0.25, 0.3) is 0 Å². The van der Waals surface area contributed by atoms with Gasteiger partial charge in [-0.15, -0.1) is 24.0 Å². The van der Waals surface area contributed by atoms with E-state index in [2.05, 4.69) is 16.8 Å². The number of likely N-dealkylation sites (tertiary alicyclic amines) is 1. The van der Waals surface area contributed by atoms with Crippen LogP contribution in [0.2, 0.25) is 0 Å². The number of rotatable bonds is 4. The zero-order valence-corrected chi connectivity index (χ0v) is 16.9. The molecule has 7 heteroatoms. The van der Waals surface area contributed by atoms with Gasteiger partial charge in [0.05, 0.1) is 12.3 Å². The first kappa shape index (κ1) is 20.2. The van der Waals surface area contributed by atoms with Crippen molar-refractivity contribution in [3.8, 4) is 0 Å². The summed E-state index contributed by atoms with van der Waals surface area (Å²) in [6.45, 7) is 4.54. The highest BCUT2D eigenvalue weighted by Gasteiger charge is 2.17. The Bertz CT molecular complexity index is 646. The van der Waals surface area contributed by atoms with Crippen molar-refractivity contribution in [3.05, 3.63) is 35.4 Å². The van der Waals surface area contributed by atoms with Crippen LogP contribution in [-0.2, 0) is 22.1 Å². The summed E-state index contributed by atoms with van der Waals surface area (Å²) in [4.78, 5) is 6.59. The lowest BCUT2D eigenvalue weighted by Gasteiger charge is -2.31. The standard InChI is InChI=1S/C16H25N3O2S.HI/c1-13-6-5-9-19(11-13)16(17)18-10-14-7-3-4-8-15(14)12-22(2,20)21;/h3-4,7-8,13H,5-6,9-12H2,1-2H3,(H2,17,18);1H. The molecule has 0 aliphatic carbocycles. The summed E-state index contributed by atoms with van der Waals surface area (Å²) >= 11 is 0. The molecule has 130 valence electrons. The van der Waals surface area contributed by atoms with Crippen molar-refractivity contribution < 1.29 is 8.42 Å². The molecule has 0 spiro atoms. The van der Waals surface area contributed by atoms with Crippen LogP contribution in [0.5, 0.6) is 0 Å². The van der Waals surface area contributed by atoms with E-state index in [9.17, 15) is 8.42 Å². The van der Waals surface area contributed by atoms with E-state index in [4.69, 9.17) is 5.73 Å². The minimum Gasteiger partial charge on any atom is -0.370 e. The summed E-state index contributed by atoms with van der Waals surface area (Å²) in [5.74, 6) is 1.24. The third-order valence-corrected chi connectivity index (χ3v) is 4.76. The molecule has 0 amide bonds. The Hall–Kier alpha value is -0.830. The number of guanidine groups is 1. The fourth-order valence-corrected chi connectivity index (χ4v) is 3.65. The van der Waals surface area contributed by atoms with E-state index in [1.54, 1.807) is 0 Å². The second kappa shape index (κ2) is 8.86. The lowest BCUT2D eigenvalue weighted by atomic mass is 10.0. The SMILES string of the molecule is CC1CCCN(C(N)=NCc2ccccc2CS(C)(=O)=O)C1.I. The van der Waals surface area contributed by atoms with E-state index in [-0.39, 0.29) is 29.7 Å². The third-order valence-electron chi connectivity index (χ3n) is 3.93. The number of nitrogens with two attached hydrogens (primary N) is 1. The van der Waals surface area contributed by atoms with E-state index >= 15 is 0 Å². The van der Waals surface area contributed by atoms with Crippen LogP contribution in [0.15, 0.2) is 29.3 Å². The van der Waals surface area contributed by atoms with Gasteiger partial charge in [-0.1, -0.05) is 31.2 Å². The molecule has 1 fully saturated rings. The molecular weight excluding hydrogens is 425 g/mol. The molecule has 5 nitrogen and oxygen atoms in total. The highest BCUT2D eigenvalue weighted by atomic mass is 127. The first-order chi connectivity index (χ1) is 10.3. The second-order valence-electron chi connectivity index (χ2n) is 6.21.